The minimum Gasteiger partial charge on any atom is -0.487 e. The largest absolute Gasteiger partial charge is 0.487 e. The molecular weight excluding hydrogens is 271 g/mol. The van der Waals surface area contributed by atoms with Gasteiger partial charge in [0.25, 0.3) is 0 Å². The molecule has 2 N–H and O–H groups in total. The molecule has 0 spiro atoms. The second-order valence-corrected chi connectivity index (χ2v) is 6.98. The van der Waals surface area contributed by atoms with Crippen LogP contribution in [0.2, 0.25) is 6.32 Å². The Morgan fingerprint density at radius 3 is 2.73 bits per heavy atom. The SMILES string of the molecule is [B]CCc1ccc(OC2CN(CC(C)(N)CCC)C2)c(C)c1. The summed E-state index contributed by atoms with van der Waals surface area (Å²) in [5.41, 5.74) is 8.70. The lowest BCUT2D eigenvalue weighted by Crippen LogP contribution is -2.59. The Bertz CT molecular complexity index is 484. The number of benzene rings is 1. The highest BCUT2D eigenvalue weighted by molar-refractivity contribution is 6.08. The normalized spacial score (nSPS) is 18.7. The van der Waals surface area contributed by atoms with Crippen LogP contribution >= 0.6 is 0 Å². The second-order valence-electron chi connectivity index (χ2n) is 6.98. The van der Waals surface area contributed by atoms with Crippen LogP contribution in [0.15, 0.2) is 18.2 Å². The number of rotatable bonds is 8. The van der Waals surface area contributed by atoms with E-state index in [9.17, 15) is 0 Å². The molecule has 4 heteroatoms. The summed E-state index contributed by atoms with van der Waals surface area (Å²) in [5.74, 6) is 0.995. The van der Waals surface area contributed by atoms with Gasteiger partial charge >= 0.3 is 0 Å². The molecule has 0 bridgehead atoms. The average molecular weight is 300 g/mol. The Hall–Kier alpha value is -0.995. The van der Waals surface area contributed by atoms with Crippen LogP contribution < -0.4 is 10.5 Å². The predicted molar refractivity (Wildman–Crippen MR) is 93.8 cm³/mol. The molecule has 3 nitrogen and oxygen atoms in total. The van der Waals surface area contributed by atoms with E-state index >= 15 is 0 Å². The molecule has 2 rings (SSSR count). The highest BCUT2D eigenvalue weighted by Gasteiger charge is 2.32. The average Bonchev–Trinajstić information content (AvgIpc) is 2.39. The zero-order valence-corrected chi connectivity index (χ0v) is 14.3. The monoisotopic (exact) mass is 300 g/mol. The summed E-state index contributed by atoms with van der Waals surface area (Å²) in [5, 5.41) is 0. The molecule has 1 heterocycles. The minimum atomic E-state index is -0.0838. The van der Waals surface area contributed by atoms with Crippen LogP contribution in [0.25, 0.3) is 0 Å². The zero-order valence-electron chi connectivity index (χ0n) is 14.3. The highest BCUT2D eigenvalue weighted by atomic mass is 16.5. The van der Waals surface area contributed by atoms with Gasteiger partial charge in [0.2, 0.25) is 0 Å². The van der Waals surface area contributed by atoms with Crippen LogP contribution in [0.3, 0.4) is 0 Å². The van der Waals surface area contributed by atoms with E-state index < -0.39 is 0 Å². The van der Waals surface area contributed by atoms with Crippen LogP contribution in [-0.4, -0.2) is 44.0 Å². The smallest absolute Gasteiger partial charge is 0.124 e. The van der Waals surface area contributed by atoms with Gasteiger partial charge in [-0.3, -0.25) is 4.90 Å². The van der Waals surface area contributed by atoms with E-state index in [4.69, 9.17) is 18.3 Å². The van der Waals surface area contributed by atoms with Gasteiger partial charge in [0, 0.05) is 25.2 Å². The summed E-state index contributed by atoms with van der Waals surface area (Å²) in [6.07, 6.45) is 4.10. The van der Waals surface area contributed by atoms with Gasteiger partial charge in [-0.05, 0) is 43.9 Å². The van der Waals surface area contributed by atoms with Crippen molar-refractivity contribution in [2.24, 2.45) is 5.73 Å². The van der Waals surface area contributed by atoms with E-state index in [0.717, 1.165) is 44.6 Å². The first-order valence-corrected chi connectivity index (χ1v) is 8.41. The van der Waals surface area contributed by atoms with E-state index in [-0.39, 0.29) is 11.6 Å². The van der Waals surface area contributed by atoms with Crippen molar-refractivity contribution in [1.29, 1.82) is 0 Å². The molecule has 1 aromatic carbocycles. The van der Waals surface area contributed by atoms with Gasteiger partial charge in [-0.25, -0.2) is 0 Å². The van der Waals surface area contributed by atoms with Gasteiger partial charge in [-0.1, -0.05) is 31.8 Å². The summed E-state index contributed by atoms with van der Waals surface area (Å²) in [7, 11) is 5.60. The van der Waals surface area contributed by atoms with E-state index in [0.29, 0.717) is 6.32 Å². The Labute approximate surface area is 136 Å². The first-order chi connectivity index (χ1) is 10.4. The van der Waals surface area contributed by atoms with Gasteiger partial charge in [0.05, 0.1) is 7.85 Å². The van der Waals surface area contributed by atoms with Crippen LogP contribution in [0.5, 0.6) is 5.75 Å². The molecule has 120 valence electrons. The van der Waals surface area contributed by atoms with Crippen molar-refractivity contribution in [1.82, 2.24) is 4.90 Å². The molecule has 1 unspecified atom stereocenters. The second kappa shape index (κ2) is 7.52. The molecule has 1 aromatic rings. The number of likely N-dealkylation sites (tertiary alicyclic amines) is 1. The number of hydrogen-bond donors (Lipinski definition) is 1. The van der Waals surface area contributed by atoms with Crippen molar-refractivity contribution >= 4 is 7.85 Å². The van der Waals surface area contributed by atoms with Crippen molar-refractivity contribution in [3.63, 3.8) is 0 Å². The number of nitrogens with two attached hydrogens (primary N) is 1. The Morgan fingerprint density at radius 2 is 2.14 bits per heavy atom. The topological polar surface area (TPSA) is 38.5 Å². The number of nitrogens with zero attached hydrogens (tertiary/aromatic N) is 1. The van der Waals surface area contributed by atoms with Crippen molar-refractivity contribution in [3.8, 4) is 5.75 Å². The summed E-state index contributed by atoms with van der Waals surface area (Å²) in [6.45, 7) is 9.33. The Morgan fingerprint density at radius 1 is 1.41 bits per heavy atom. The lowest BCUT2D eigenvalue weighted by atomic mass is 9.95. The summed E-state index contributed by atoms with van der Waals surface area (Å²) in [6, 6.07) is 6.37. The number of aryl methyl sites for hydroxylation is 2. The third kappa shape index (κ3) is 4.75. The van der Waals surface area contributed by atoms with Crippen molar-refractivity contribution in [3.05, 3.63) is 29.3 Å². The molecule has 1 atom stereocenters. The first kappa shape index (κ1) is 17.4. The molecule has 0 aliphatic carbocycles. The highest BCUT2D eigenvalue weighted by Crippen LogP contribution is 2.24. The lowest BCUT2D eigenvalue weighted by molar-refractivity contribution is 0.00663. The third-order valence-electron chi connectivity index (χ3n) is 4.30. The fraction of sp³-hybridized carbons (Fsp3) is 0.667. The van der Waals surface area contributed by atoms with E-state index in [1.54, 1.807) is 0 Å². The molecule has 22 heavy (non-hydrogen) atoms. The molecular formula is C18H29BN2O. The van der Waals surface area contributed by atoms with Crippen LogP contribution in [0.1, 0.15) is 37.8 Å². The molecule has 0 aromatic heterocycles. The molecule has 1 saturated heterocycles. The maximum absolute atomic E-state index is 6.31. The fourth-order valence-electron chi connectivity index (χ4n) is 3.23. The van der Waals surface area contributed by atoms with Crippen molar-refractivity contribution in [2.75, 3.05) is 19.6 Å². The van der Waals surface area contributed by atoms with Gasteiger partial charge in [0.1, 0.15) is 11.9 Å². The fourth-order valence-corrected chi connectivity index (χ4v) is 3.23. The van der Waals surface area contributed by atoms with Gasteiger partial charge in [0.15, 0.2) is 0 Å². The van der Waals surface area contributed by atoms with Crippen LogP contribution in [0.4, 0.5) is 0 Å². The summed E-state index contributed by atoms with van der Waals surface area (Å²) >= 11 is 0. The molecule has 0 amide bonds. The number of ether oxygens (including phenoxy) is 1. The maximum atomic E-state index is 6.31. The predicted octanol–water partition coefficient (Wildman–Crippen LogP) is 2.70. The van der Waals surface area contributed by atoms with Gasteiger partial charge < -0.3 is 10.5 Å². The van der Waals surface area contributed by atoms with Gasteiger partial charge in [-0.15, -0.1) is 0 Å². The number of hydrogen-bond acceptors (Lipinski definition) is 3. The first-order valence-electron chi connectivity index (χ1n) is 8.41. The van der Waals surface area contributed by atoms with Crippen LogP contribution in [0, 0.1) is 6.92 Å². The quantitative estimate of drug-likeness (QED) is 0.750. The molecule has 2 radical (unpaired) electrons. The Kier molecular flexibility index (Phi) is 5.93. The molecule has 1 aliphatic rings. The maximum Gasteiger partial charge on any atom is 0.124 e. The van der Waals surface area contributed by atoms with Crippen LogP contribution in [-0.2, 0) is 6.42 Å². The zero-order chi connectivity index (χ0) is 16.2. The molecule has 1 aliphatic heterocycles. The summed E-state index contributed by atoms with van der Waals surface area (Å²) in [4.78, 5) is 2.39. The minimum absolute atomic E-state index is 0.0838. The van der Waals surface area contributed by atoms with Crippen molar-refractivity contribution in [2.45, 2.75) is 58.0 Å². The Balaban J connectivity index is 1.80. The van der Waals surface area contributed by atoms with E-state index in [1.165, 1.54) is 11.1 Å². The van der Waals surface area contributed by atoms with Gasteiger partial charge in [-0.2, -0.15) is 0 Å². The summed E-state index contributed by atoms with van der Waals surface area (Å²) < 4.78 is 6.11. The third-order valence-corrected chi connectivity index (χ3v) is 4.30. The standard InChI is InChI=1S/C18H29BN2O/c1-4-8-18(3,20)13-21-11-16(12-21)22-17-6-5-15(7-9-19)10-14(17)2/h5-6,10,16H,4,7-9,11-13,20H2,1-3H3. The molecule has 1 fully saturated rings. The lowest BCUT2D eigenvalue weighted by Gasteiger charge is -2.43. The van der Waals surface area contributed by atoms with E-state index in [2.05, 4.69) is 43.9 Å². The molecule has 0 saturated carbocycles. The van der Waals surface area contributed by atoms with E-state index in [1.807, 2.05) is 0 Å². The van der Waals surface area contributed by atoms with Crippen molar-refractivity contribution < 1.29 is 4.74 Å².